The molecule has 0 fully saturated rings. The van der Waals surface area contributed by atoms with Crippen molar-refractivity contribution in [1.82, 2.24) is 31.1 Å². The summed E-state index contributed by atoms with van der Waals surface area (Å²) in [5, 5.41) is 45.0. The number of aromatic hydroxyl groups is 2. The van der Waals surface area contributed by atoms with Crippen molar-refractivity contribution < 1.29 is 84.8 Å². The highest BCUT2D eigenvalue weighted by atomic mass is 19.2. The van der Waals surface area contributed by atoms with Crippen LogP contribution in [-0.2, 0) is 53.7 Å². The molecule has 0 saturated heterocycles. The van der Waals surface area contributed by atoms with E-state index in [4.69, 9.17) is 25.1 Å². The fourth-order valence-electron chi connectivity index (χ4n) is 7.57. The Morgan fingerprint density at radius 3 is 1.36 bits per heavy atom. The predicted octanol–water partition coefficient (Wildman–Crippen LogP) is 8.13. The van der Waals surface area contributed by atoms with Gasteiger partial charge in [-0.1, -0.05) is 60.7 Å². The Labute approximate surface area is 437 Å². The number of phenols is 2. The Bertz CT molecular complexity index is 2810. The highest BCUT2D eigenvalue weighted by Gasteiger charge is 2.22. The van der Waals surface area contributed by atoms with E-state index >= 15 is 0 Å². The summed E-state index contributed by atoms with van der Waals surface area (Å²) in [4.78, 5) is 38.9. The highest BCUT2D eigenvalue weighted by Crippen LogP contribution is 2.29. The number of nitrogens with one attached hydrogen (secondary N) is 3. The first-order valence-electron chi connectivity index (χ1n) is 23.0. The minimum absolute atomic E-state index is 0.00927. The van der Waals surface area contributed by atoms with Crippen LogP contribution in [0.2, 0.25) is 0 Å². The number of hydroxylamine groups is 3. The van der Waals surface area contributed by atoms with E-state index in [2.05, 4.69) is 0 Å². The molecule has 0 heterocycles. The minimum atomic E-state index is -0.929. The van der Waals surface area contributed by atoms with Gasteiger partial charge in [0.15, 0.2) is 57.9 Å². The summed E-state index contributed by atoms with van der Waals surface area (Å²) in [7, 11) is 2.24. The average Bonchev–Trinajstić information content (AvgIpc) is 3.40. The molecule has 24 heteroatoms. The molecule has 6 rings (SSSR count). The van der Waals surface area contributed by atoms with Gasteiger partial charge in [0.25, 0.3) is 11.8 Å². The maximum absolute atomic E-state index is 14.5. The van der Waals surface area contributed by atoms with E-state index in [0.29, 0.717) is 28.8 Å². The molecule has 0 aromatic heterocycles. The molecule has 0 radical (unpaired) electrons. The lowest BCUT2D eigenvalue weighted by Gasteiger charge is -2.23. The van der Waals surface area contributed by atoms with E-state index in [1.165, 1.54) is 69.3 Å². The van der Waals surface area contributed by atoms with E-state index in [0.717, 1.165) is 38.0 Å². The van der Waals surface area contributed by atoms with Crippen LogP contribution in [-0.4, -0.2) is 92.1 Å². The van der Waals surface area contributed by atoms with E-state index < -0.39 is 81.4 Å². The summed E-state index contributed by atoms with van der Waals surface area (Å²) in [6, 6.07) is 22.0. The Balaban J connectivity index is 0.000000251. The number of carbonyl (C=O) groups excluding carboxylic acids is 3. The third kappa shape index (κ3) is 18.4. The standard InChI is InChI=1S/C19H20F4N2O4.2C17H18F2N2O3/c1-28-18-13(20)5-3-11(16(18)22)9-25(8-7-15(26)24-27)10-12-4-6-14(21)19(29-2)17(12)23;1-11-6-12(2-4-14(11)18)8-21(10-17(23)20-24)9-13-3-5-15(19)16(22)7-13;1-11-4-2-5-12(16(11)18)8-21(10-15(23)20-24)9-13-6-3-7-14(22)17(13)19/h3-6,27H,7-10H2,1-2H3,(H,24,26);2*2-7,22,24H,8-10H2,1H3,(H,20,23). The molecule has 8 N–H and O–H groups in total. The van der Waals surface area contributed by atoms with Gasteiger partial charge in [-0.2, -0.15) is 0 Å². The molecule has 0 bridgehead atoms. The van der Waals surface area contributed by atoms with Gasteiger partial charge in [0.1, 0.15) is 11.6 Å². The summed E-state index contributed by atoms with van der Waals surface area (Å²) < 4.78 is 120. The number of carbonyl (C=O) groups is 3. The maximum Gasteiger partial charge on any atom is 0.257 e. The van der Waals surface area contributed by atoms with Gasteiger partial charge in [-0.05, 0) is 72.5 Å². The van der Waals surface area contributed by atoms with E-state index in [1.807, 2.05) is 0 Å². The van der Waals surface area contributed by atoms with Crippen LogP contribution in [0.1, 0.15) is 50.9 Å². The smallest absolute Gasteiger partial charge is 0.257 e. The van der Waals surface area contributed by atoms with Gasteiger partial charge in [-0.3, -0.25) is 44.7 Å². The quantitative estimate of drug-likeness (QED) is 0.0194. The number of ether oxygens (including phenoxy) is 2. The molecule has 6 aromatic carbocycles. The summed E-state index contributed by atoms with van der Waals surface area (Å²) in [5.41, 5.74) is 7.45. The molecule has 0 atom stereocenters. The summed E-state index contributed by atoms with van der Waals surface area (Å²) in [5.74, 6) is -9.98. The van der Waals surface area contributed by atoms with Crippen molar-refractivity contribution in [2.24, 2.45) is 0 Å². The van der Waals surface area contributed by atoms with Crippen LogP contribution in [0.3, 0.4) is 0 Å². The Kier molecular flexibility index (Phi) is 24.0. The number of aryl methyl sites for hydroxylation is 2. The fraction of sp³-hybridized carbons (Fsp3) is 0.264. The fourth-order valence-corrected chi connectivity index (χ4v) is 7.57. The molecule has 0 aliphatic carbocycles. The van der Waals surface area contributed by atoms with Crippen LogP contribution >= 0.6 is 0 Å². The van der Waals surface area contributed by atoms with E-state index in [1.54, 1.807) is 54.6 Å². The number of rotatable bonds is 21. The molecule has 0 saturated carbocycles. The zero-order valence-corrected chi connectivity index (χ0v) is 42.0. The molecule has 0 unspecified atom stereocenters. The molecular formula is C53H56F8N6O10. The lowest BCUT2D eigenvalue weighted by atomic mass is 10.1. The van der Waals surface area contributed by atoms with Gasteiger partial charge in [0.05, 0.1) is 27.3 Å². The van der Waals surface area contributed by atoms with Crippen LogP contribution < -0.4 is 25.9 Å². The van der Waals surface area contributed by atoms with Crippen molar-refractivity contribution in [3.63, 3.8) is 0 Å². The van der Waals surface area contributed by atoms with Crippen LogP contribution in [0.4, 0.5) is 35.1 Å². The lowest BCUT2D eigenvalue weighted by molar-refractivity contribution is -0.131. The van der Waals surface area contributed by atoms with E-state index in [9.17, 15) is 59.7 Å². The monoisotopic (exact) mass is 1090 g/mol. The normalized spacial score (nSPS) is 10.9. The third-order valence-electron chi connectivity index (χ3n) is 11.4. The second-order valence-electron chi connectivity index (χ2n) is 17.1. The zero-order valence-electron chi connectivity index (χ0n) is 42.0. The highest BCUT2D eigenvalue weighted by molar-refractivity contribution is 5.77. The number of methoxy groups -OCH3 is 2. The van der Waals surface area contributed by atoms with Crippen LogP contribution in [0.25, 0.3) is 0 Å². The molecule has 0 aliphatic heterocycles. The second-order valence-corrected chi connectivity index (χ2v) is 17.1. The minimum Gasteiger partial charge on any atom is -0.505 e. The number of phenolic OH excluding ortho intramolecular Hbond substituents is 2. The predicted molar refractivity (Wildman–Crippen MR) is 261 cm³/mol. The molecule has 3 amide bonds. The van der Waals surface area contributed by atoms with Gasteiger partial charge in [0.2, 0.25) is 5.91 Å². The molecule has 0 aliphatic rings. The first-order valence-corrected chi connectivity index (χ1v) is 23.0. The van der Waals surface area contributed by atoms with Crippen molar-refractivity contribution in [2.45, 2.75) is 59.5 Å². The molecule has 16 nitrogen and oxygen atoms in total. The first kappa shape index (κ1) is 61.7. The number of halogens is 8. The van der Waals surface area contributed by atoms with E-state index in [-0.39, 0.29) is 81.3 Å². The average molecular weight is 1090 g/mol. The second kappa shape index (κ2) is 30.0. The van der Waals surface area contributed by atoms with Crippen molar-refractivity contribution in [2.75, 3.05) is 33.9 Å². The van der Waals surface area contributed by atoms with Crippen LogP contribution in [0.5, 0.6) is 23.0 Å². The number of amides is 3. The van der Waals surface area contributed by atoms with Crippen LogP contribution in [0.15, 0.2) is 97.1 Å². The lowest BCUT2D eigenvalue weighted by Crippen LogP contribution is -2.35. The topological polar surface area (TPSA) is 217 Å². The van der Waals surface area contributed by atoms with Crippen molar-refractivity contribution >= 4 is 17.7 Å². The third-order valence-corrected chi connectivity index (χ3v) is 11.4. The Morgan fingerprint density at radius 2 is 0.883 bits per heavy atom. The number of benzene rings is 6. The van der Waals surface area contributed by atoms with Gasteiger partial charge >= 0.3 is 0 Å². The van der Waals surface area contributed by atoms with Gasteiger partial charge in [-0.25, -0.2) is 51.6 Å². The molecule has 0 spiro atoms. The van der Waals surface area contributed by atoms with Crippen molar-refractivity contribution in [3.8, 4) is 23.0 Å². The maximum atomic E-state index is 14.5. The molecular weight excluding hydrogens is 1030 g/mol. The largest absolute Gasteiger partial charge is 0.505 e. The van der Waals surface area contributed by atoms with Gasteiger partial charge in [-0.15, -0.1) is 0 Å². The summed E-state index contributed by atoms with van der Waals surface area (Å²) in [6.07, 6.45) is -0.184. The SMILES string of the molecule is COc1c(F)ccc(CN(CCC(=O)NO)Cc2ccc(F)c(OC)c2F)c1F.Cc1cc(CN(CC(=O)NO)Cc2ccc(F)c(O)c2)ccc1F.Cc1cccc(CN(CC(=O)NO)Cc2cccc(O)c2F)c1F. The number of hydrogen-bond acceptors (Lipinski definition) is 13. The van der Waals surface area contributed by atoms with Gasteiger partial charge in [0, 0.05) is 74.5 Å². The first-order chi connectivity index (χ1) is 36.6. The Morgan fingerprint density at radius 1 is 0.455 bits per heavy atom. The van der Waals surface area contributed by atoms with Crippen molar-refractivity contribution in [1.29, 1.82) is 0 Å². The number of nitrogens with zero attached hydrogens (tertiary/aromatic N) is 3. The van der Waals surface area contributed by atoms with Crippen LogP contribution in [0, 0.1) is 60.4 Å². The summed E-state index contributed by atoms with van der Waals surface area (Å²) in [6.45, 7) is 3.14. The molecule has 6 aromatic rings. The summed E-state index contributed by atoms with van der Waals surface area (Å²) >= 11 is 0. The number of hydrogen-bond donors (Lipinski definition) is 8. The Hall–Kier alpha value is -7.87. The van der Waals surface area contributed by atoms with Gasteiger partial charge < -0.3 is 19.7 Å². The van der Waals surface area contributed by atoms with Crippen molar-refractivity contribution in [3.05, 3.63) is 188 Å². The molecule has 77 heavy (non-hydrogen) atoms. The zero-order chi connectivity index (χ0) is 56.9. The molecule has 414 valence electrons.